The largest absolute Gasteiger partial charge is 0.324 e. The van der Waals surface area contributed by atoms with Crippen molar-refractivity contribution in [3.8, 4) is 0 Å². The van der Waals surface area contributed by atoms with Crippen molar-refractivity contribution < 1.29 is 4.79 Å². The van der Waals surface area contributed by atoms with Crippen LogP contribution in [0.15, 0.2) is 42.5 Å². The zero-order valence-electron chi connectivity index (χ0n) is 13.6. The fourth-order valence-electron chi connectivity index (χ4n) is 3.11. The predicted octanol–water partition coefficient (Wildman–Crippen LogP) is 5.50. The van der Waals surface area contributed by atoms with Crippen molar-refractivity contribution in [3.63, 3.8) is 0 Å². The van der Waals surface area contributed by atoms with Crippen molar-refractivity contribution in [1.82, 2.24) is 4.90 Å². The highest BCUT2D eigenvalue weighted by Crippen LogP contribution is 2.27. The van der Waals surface area contributed by atoms with Gasteiger partial charge in [-0.25, -0.2) is 0 Å². The van der Waals surface area contributed by atoms with Gasteiger partial charge in [0, 0.05) is 23.1 Å². The number of amides is 1. The van der Waals surface area contributed by atoms with Crippen molar-refractivity contribution in [2.75, 3.05) is 18.4 Å². The van der Waals surface area contributed by atoms with Gasteiger partial charge in [0.2, 0.25) is 5.91 Å². The SMILES string of the molecule is O=C(Nc1cc(Cl)ccc1Cl)C1CCCN(Cc2ccccc2Cl)C1. The van der Waals surface area contributed by atoms with Gasteiger partial charge in [-0.05, 0) is 49.2 Å². The number of anilines is 1. The van der Waals surface area contributed by atoms with Crippen LogP contribution in [0.2, 0.25) is 15.1 Å². The van der Waals surface area contributed by atoms with E-state index in [1.54, 1.807) is 18.2 Å². The number of hydrogen-bond acceptors (Lipinski definition) is 2. The highest BCUT2D eigenvalue weighted by molar-refractivity contribution is 6.35. The number of halogens is 3. The molecule has 1 atom stereocenters. The maximum absolute atomic E-state index is 12.6. The van der Waals surface area contributed by atoms with Crippen molar-refractivity contribution in [2.24, 2.45) is 5.92 Å². The number of nitrogens with one attached hydrogen (secondary N) is 1. The Morgan fingerprint density at radius 1 is 1.12 bits per heavy atom. The topological polar surface area (TPSA) is 32.3 Å². The van der Waals surface area contributed by atoms with E-state index in [0.29, 0.717) is 22.3 Å². The molecular weight excluding hydrogens is 379 g/mol. The number of piperidine rings is 1. The highest BCUT2D eigenvalue weighted by Gasteiger charge is 2.26. The lowest BCUT2D eigenvalue weighted by atomic mass is 9.96. The first-order valence-corrected chi connectivity index (χ1v) is 9.38. The van der Waals surface area contributed by atoms with Crippen LogP contribution in [-0.2, 0) is 11.3 Å². The van der Waals surface area contributed by atoms with Gasteiger partial charge in [-0.1, -0.05) is 53.0 Å². The molecule has 0 radical (unpaired) electrons. The number of likely N-dealkylation sites (tertiary alicyclic amines) is 1. The smallest absolute Gasteiger partial charge is 0.228 e. The predicted molar refractivity (Wildman–Crippen MR) is 105 cm³/mol. The molecule has 2 aromatic rings. The molecule has 25 heavy (non-hydrogen) atoms. The summed E-state index contributed by atoms with van der Waals surface area (Å²) in [6, 6.07) is 12.9. The normalized spacial score (nSPS) is 18.1. The molecule has 132 valence electrons. The minimum absolute atomic E-state index is 0.0203. The van der Waals surface area contributed by atoms with Gasteiger partial charge in [0.15, 0.2) is 0 Å². The third kappa shape index (κ3) is 4.89. The summed E-state index contributed by atoms with van der Waals surface area (Å²) >= 11 is 18.4. The van der Waals surface area contributed by atoms with Gasteiger partial charge in [0.25, 0.3) is 0 Å². The molecule has 0 aliphatic carbocycles. The Bertz CT molecular complexity index is 766. The van der Waals surface area contributed by atoms with Crippen molar-refractivity contribution in [3.05, 3.63) is 63.1 Å². The summed E-state index contributed by atoms with van der Waals surface area (Å²) < 4.78 is 0. The molecule has 1 unspecified atom stereocenters. The third-order valence-electron chi connectivity index (χ3n) is 4.41. The Labute approximate surface area is 162 Å². The van der Waals surface area contributed by atoms with E-state index in [1.807, 2.05) is 24.3 Å². The maximum atomic E-state index is 12.6. The summed E-state index contributed by atoms with van der Waals surface area (Å²) in [5.41, 5.74) is 1.64. The van der Waals surface area contributed by atoms with Crippen LogP contribution in [-0.4, -0.2) is 23.9 Å². The Morgan fingerprint density at radius 2 is 1.92 bits per heavy atom. The van der Waals surface area contributed by atoms with Gasteiger partial charge in [0.05, 0.1) is 16.6 Å². The molecule has 0 spiro atoms. The molecule has 1 aliphatic heterocycles. The van der Waals surface area contributed by atoms with E-state index >= 15 is 0 Å². The number of carbonyl (C=O) groups is 1. The first-order valence-electron chi connectivity index (χ1n) is 8.24. The van der Waals surface area contributed by atoms with E-state index in [-0.39, 0.29) is 11.8 Å². The Balaban J connectivity index is 1.63. The summed E-state index contributed by atoms with van der Waals surface area (Å²) in [6.45, 7) is 2.42. The molecule has 0 saturated carbocycles. The molecule has 1 amide bonds. The van der Waals surface area contributed by atoms with Crippen LogP contribution in [0.4, 0.5) is 5.69 Å². The average Bonchev–Trinajstić information content (AvgIpc) is 2.60. The van der Waals surface area contributed by atoms with E-state index in [0.717, 1.165) is 36.5 Å². The van der Waals surface area contributed by atoms with Crippen LogP contribution >= 0.6 is 34.8 Å². The lowest BCUT2D eigenvalue weighted by Gasteiger charge is -2.32. The van der Waals surface area contributed by atoms with Crippen LogP contribution in [0.5, 0.6) is 0 Å². The summed E-state index contributed by atoms with van der Waals surface area (Å²) in [5, 5.41) is 4.70. The molecule has 1 fully saturated rings. The first kappa shape index (κ1) is 18.5. The summed E-state index contributed by atoms with van der Waals surface area (Å²) in [6.07, 6.45) is 1.84. The van der Waals surface area contributed by atoms with E-state index in [9.17, 15) is 4.79 Å². The molecule has 3 rings (SSSR count). The zero-order valence-corrected chi connectivity index (χ0v) is 15.9. The highest BCUT2D eigenvalue weighted by atomic mass is 35.5. The monoisotopic (exact) mass is 396 g/mol. The second-order valence-corrected chi connectivity index (χ2v) is 7.53. The minimum atomic E-state index is -0.0775. The lowest BCUT2D eigenvalue weighted by molar-refractivity contribution is -0.121. The molecule has 3 nitrogen and oxygen atoms in total. The maximum Gasteiger partial charge on any atom is 0.228 e. The standard InChI is InChI=1S/C19H19Cl3N2O/c20-15-7-8-17(22)18(10-15)23-19(25)14-5-3-9-24(12-14)11-13-4-1-2-6-16(13)21/h1-2,4,6-8,10,14H,3,5,9,11-12H2,(H,23,25). The molecule has 1 heterocycles. The number of hydrogen-bond donors (Lipinski definition) is 1. The quantitative estimate of drug-likeness (QED) is 0.739. The summed E-state index contributed by atoms with van der Waals surface area (Å²) in [4.78, 5) is 14.9. The molecule has 0 aromatic heterocycles. The number of rotatable bonds is 4. The van der Waals surface area contributed by atoms with Gasteiger partial charge in [-0.2, -0.15) is 0 Å². The molecule has 1 N–H and O–H groups in total. The number of nitrogens with zero attached hydrogens (tertiary/aromatic N) is 1. The van der Waals surface area contributed by atoms with Crippen LogP contribution in [0.25, 0.3) is 0 Å². The molecular formula is C19H19Cl3N2O. The zero-order chi connectivity index (χ0) is 17.8. The van der Waals surface area contributed by atoms with Gasteiger partial charge in [-0.3, -0.25) is 9.69 Å². The fourth-order valence-corrected chi connectivity index (χ4v) is 3.64. The Hall–Kier alpha value is -1.26. The van der Waals surface area contributed by atoms with Gasteiger partial charge < -0.3 is 5.32 Å². The third-order valence-corrected chi connectivity index (χ3v) is 5.35. The summed E-state index contributed by atoms with van der Waals surface area (Å²) in [5.74, 6) is -0.0979. The van der Waals surface area contributed by atoms with Gasteiger partial charge >= 0.3 is 0 Å². The summed E-state index contributed by atoms with van der Waals surface area (Å²) in [7, 11) is 0. The fraction of sp³-hybridized carbons (Fsp3) is 0.316. The van der Waals surface area contributed by atoms with Gasteiger partial charge in [-0.15, -0.1) is 0 Å². The molecule has 0 bridgehead atoms. The van der Waals surface area contributed by atoms with E-state index in [2.05, 4.69) is 10.2 Å². The molecule has 1 aliphatic rings. The van der Waals surface area contributed by atoms with Crippen LogP contribution in [0.3, 0.4) is 0 Å². The van der Waals surface area contributed by atoms with Crippen molar-refractivity contribution in [1.29, 1.82) is 0 Å². The Morgan fingerprint density at radius 3 is 2.72 bits per heavy atom. The van der Waals surface area contributed by atoms with Crippen molar-refractivity contribution in [2.45, 2.75) is 19.4 Å². The number of carbonyl (C=O) groups excluding carboxylic acids is 1. The molecule has 6 heteroatoms. The van der Waals surface area contributed by atoms with E-state index in [4.69, 9.17) is 34.8 Å². The number of benzene rings is 2. The molecule has 1 saturated heterocycles. The second kappa shape index (κ2) is 8.41. The van der Waals surface area contributed by atoms with Crippen molar-refractivity contribution >= 4 is 46.4 Å². The van der Waals surface area contributed by atoms with E-state index in [1.165, 1.54) is 0 Å². The van der Waals surface area contributed by atoms with Crippen LogP contribution in [0, 0.1) is 5.92 Å². The van der Waals surface area contributed by atoms with Crippen LogP contribution < -0.4 is 5.32 Å². The van der Waals surface area contributed by atoms with Gasteiger partial charge in [0.1, 0.15) is 0 Å². The lowest BCUT2D eigenvalue weighted by Crippen LogP contribution is -2.40. The molecule has 2 aromatic carbocycles. The van der Waals surface area contributed by atoms with E-state index < -0.39 is 0 Å². The Kier molecular flexibility index (Phi) is 6.24. The average molecular weight is 398 g/mol. The first-order chi connectivity index (χ1) is 12.0. The second-order valence-electron chi connectivity index (χ2n) is 6.28. The minimum Gasteiger partial charge on any atom is -0.324 e. The van der Waals surface area contributed by atoms with Crippen LogP contribution in [0.1, 0.15) is 18.4 Å².